The van der Waals surface area contributed by atoms with E-state index in [2.05, 4.69) is 121 Å². The van der Waals surface area contributed by atoms with Gasteiger partial charge in [-0.1, -0.05) is 0 Å². The zero-order chi connectivity index (χ0) is 23.1. The molecular formula is C32H29ClGeZr. The van der Waals surface area contributed by atoms with Gasteiger partial charge in [0.2, 0.25) is 0 Å². The summed E-state index contributed by atoms with van der Waals surface area (Å²) in [5.41, 5.74) is 5.93. The second-order valence-electron chi connectivity index (χ2n) is 9.50. The molecule has 0 fully saturated rings. The molecule has 0 aromatic heterocycles. The van der Waals surface area contributed by atoms with E-state index in [9.17, 15) is 0 Å². The van der Waals surface area contributed by atoms with E-state index in [1.807, 2.05) is 6.56 Å². The van der Waals surface area contributed by atoms with Gasteiger partial charge in [0.05, 0.1) is 0 Å². The summed E-state index contributed by atoms with van der Waals surface area (Å²) < 4.78 is 3.68. The van der Waals surface area contributed by atoms with Gasteiger partial charge in [-0.05, 0) is 0 Å². The summed E-state index contributed by atoms with van der Waals surface area (Å²) in [5, 5.41) is 5.35. The Hall–Kier alpha value is -1.92. The number of rotatable bonds is 4. The molecule has 0 nitrogen and oxygen atoms in total. The molecule has 0 aliphatic heterocycles. The Bertz CT molecular complexity index is 1500. The molecule has 0 bridgehead atoms. The minimum atomic E-state index is -1.94. The molecule has 35 heavy (non-hydrogen) atoms. The number of fused-ring (bicyclic) bond motifs is 2. The first-order valence-corrected chi connectivity index (χ1v) is 26.2. The van der Waals surface area contributed by atoms with Gasteiger partial charge in [-0.25, -0.2) is 0 Å². The van der Waals surface area contributed by atoms with Crippen molar-refractivity contribution in [3.8, 4) is 0 Å². The van der Waals surface area contributed by atoms with Crippen molar-refractivity contribution in [3.63, 3.8) is 0 Å². The summed E-state index contributed by atoms with van der Waals surface area (Å²) in [4.78, 5) is 0. The first kappa shape index (κ1) is 24.8. The van der Waals surface area contributed by atoms with E-state index in [1.54, 1.807) is 11.1 Å². The van der Waals surface area contributed by atoms with Crippen molar-refractivity contribution in [3.05, 3.63) is 127 Å². The Morgan fingerprint density at radius 2 is 1.00 bits per heavy atom. The van der Waals surface area contributed by atoms with Crippen LogP contribution in [0.2, 0.25) is 11.5 Å². The molecule has 0 heterocycles. The summed E-state index contributed by atoms with van der Waals surface area (Å²) in [5.74, 6) is 5.28. The van der Waals surface area contributed by atoms with Crippen molar-refractivity contribution >= 4 is 55.1 Å². The monoisotopic (exact) mass is 612 g/mol. The van der Waals surface area contributed by atoms with Crippen molar-refractivity contribution < 1.29 is 18.6 Å². The Kier molecular flexibility index (Phi) is 7.49. The molecule has 4 aromatic rings. The molecule has 4 aromatic carbocycles. The van der Waals surface area contributed by atoms with Gasteiger partial charge in [-0.15, -0.1) is 12.4 Å². The molecule has 3 heteroatoms. The molecule has 0 saturated heterocycles. The second-order valence-corrected chi connectivity index (χ2v) is 37.5. The minimum absolute atomic E-state index is 0. The third-order valence-corrected chi connectivity index (χ3v) is 34.7. The summed E-state index contributed by atoms with van der Waals surface area (Å²) in [6.45, 7) is 0. The first-order valence-electron chi connectivity index (χ1n) is 12.1. The zero-order valence-corrected chi connectivity index (χ0v) is 25.6. The van der Waals surface area contributed by atoms with Crippen LogP contribution >= 0.6 is 12.4 Å². The van der Waals surface area contributed by atoms with Crippen LogP contribution in [0.4, 0.5) is 0 Å². The Balaban J connectivity index is 0.00000253. The molecule has 0 unspecified atom stereocenters. The second kappa shape index (κ2) is 10.6. The predicted molar refractivity (Wildman–Crippen MR) is 154 cm³/mol. The number of hydrogen-bond acceptors (Lipinski definition) is 0. The number of hydrogen-bond donors (Lipinski definition) is 0. The van der Waals surface area contributed by atoms with E-state index in [0.717, 1.165) is 0 Å². The fourth-order valence-electron chi connectivity index (χ4n) is 5.52. The van der Waals surface area contributed by atoms with E-state index >= 15 is 0 Å². The SMILES string of the molecule is Cl.[CH3][Ge]([CH3])=[Zr]([C]1=C(c2ccc3ccccc3c2)C=CC1)[C]1=C(c2ccc3ccccc3c2)C=CC1. The Morgan fingerprint density at radius 1 is 0.571 bits per heavy atom. The van der Waals surface area contributed by atoms with E-state index in [0.29, 0.717) is 0 Å². The molecule has 0 spiro atoms. The summed E-state index contributed by atoms with van der Waals surface area (Å²) in [6.07, 6.45) is 12.1. The average Bonchev–Trinajstić information content (AvgIpc) is 3.54. The van der Waals surface area contributed by atoms with Crippen molar-refractivity contribution in [2.75, 3.05) is 0 Å². The molecule has 0 atom stereocenters. The van der Waals surface area contributed by atoms with Gasteiger partial charge in [0, 0.05) is 0 Å². The van der Waals surface area contributed by atoms with Crippen molar-refractivity contribution in [2.45, 2.75) is 24.4 Å². The molecule has 0 saturated carbocycles. The molecule has 2 aliphatic rings. The van der Waals surface area contributed by atoms with E-state index in [4.69, 9.17) is 0 Å². The van der Waals surface area contributed by atoms with Crippen molar-refractivity contribution in [1.82, 2.24) is 0 Å². The average molecular weight is 613 g/mol. The van der Waals surface area contributed by atoms with Crippen LogP contribution in [0.5, 0.6) is 0 Å². The van der Waals surface area contributed by atoms with Crippen LogP contribution in [0.1, 0.15) is 24.0 Å². The maximum absolute atomic E-state index is 2.64. The molecule has 172 valence electrons. The summed E-state index contributed by atoms with van der Waals surface area (Å²) in [7, 11) is -1.12. The Morgan fingerprint density at radius 3 is 1.43 bits per heavy atom. The normalized spacial score (nSPS) is 14.8. The third-order valence-electron chi connectivity index (χ3n) is 7.09. The standard InChI is InChI=1S/2C15H11.C2H6Ge.ClH.Zr/c2*1-2-6-12(5-1)15-10-9-13-7-3-4-8-14(13)11-15;1-3-2;;/h2*1,3-5,7-11H,2H2;1-2H3;1H;. The predicted octanol–water partition coefficient (Wildman–Crippen LogP) is 9.33. The van der Waals surface area contributed by atoms with Crippen LogP contribution in [0.25, 0.3) is 32.7 Å². The van der Waals surface area contributed by atoms with Gasteiger partial charge < -0.3 is 0 Å². The van der Waals surface area contributed by atoms with E-state index < -0.39 is 28.6 Å². The summed E-state index contributed by atoms with van der Waals surface area (Å²) in [6, 6.07) is 31.6. The van der Waals surface area contributed by atoms with Crippen LogP contribution < -0.4 is 0 Å². The molecule has 0 amide bonds. The quantitative estimate of drug-likeness (QED) is 0.202. The van der Waals surface area contributed by atoms with Crippen LogP contribution in [0.3, 0.4) is 0 Å². The van der Waals surface area contributed by atoms with Gasteiger partial charge in [0.1, 0.15) is 0 Å². The molecule has 0 N–H and O–H groups in total. The molecular weight excluding hydrogens is 584 g/mol. The van der Waals surface area contributed by atoms with Crippen molar-refractivity contribution in [2.24, 2.45) is 0 Å². The Labute approximate surface area is 223 Å². The molecule has 2 aliphatic carbocycles. The van der Waals surface area contributed by atoms with Crippen molar-refractivity contribution in [1.29, 1.82) is 0 Å². The third kappa shape index (κ3) is 4.76. The van der Waals surface area contributed by atoms with E-state index in [1.165, 1.54) is 45.5 Å². The fraction of sp³-hybridized carbons (Fsp3) is 0.125. The van der Waals surface area contributed by atoms with Gasteiger partial charge in [0.25, 0.3) is 0 Å². The maximum atomic E-state index is 2.64. The van der Waals surface area contributed by atoms with Crippen LogP contribution in [0.15, 0.2) is 116 Å². The van der Waals surface area contributed by atoms with Crippen LogP contribution in [-0.4, -0.2) is 9.98 Å². The first-order chi connectivity index (χ1) is 16.7. The number of halogens is 1. The van der Waals surface area contributed by atoms with Gasteiger partial charge in [-0.2, -0.15) is 0 Å². The van der Waals surface area contributed by atoms with E-state index in [-0.39, 0.29) is 12.4 Å². The van der Waals surface area contributed by atoms with Crippen LogP contribution in [-0.2, 0) is 18.6 Å². The molecule has 0 radical (unpaired) electrons. The molecule has 6 rings (SSSR count). The summed E-state index contributed by atoms with van der Waals surface area (Å²) >= 11 is -1.94. The number of allylic oxidation sites excluding steroid dienone is 8. The van der Waals surface area contributed by atoms with Gasteiger partial charge in [-0.3, -0.25) is 0 Å². The van der Waals surface area contributed by atoms with Crippen LogP contribution in [0, 0.1) is 0 Å². The topological polar surface area (TPSA) is 0 Å². The zero-order valence-electron chi connectivity index (χ0n) is 20.2. The van der Waals surface area contributed by atoms with Gasteiger partial charge >= 0.3 is 213 Å². The fourth-order valence-corrected chi connectivity index (χ4v) is 34.3. The number of benzene rings is 4. The van der Waals surface area contributed by atoms with Gasteiger partial charge in [0.15, 0.2) is 0 Å².